The van der Waals surface area contributed by atoms with Gasteiger partial charge in [0.25, 0.3) is 0 Å². The average molecular weight is 441 g/mol. The molecule has 2 nitrogen and oxygen atoms in total. The van der Waals surface area contributed by atoms with Gasteiger partial charge in [-0.3, -0.25) is 4.79 Å². The van der Waals surface area contributed by atoms with Crippen molar-refractivity contribution in [2.45, 2.75) is 119 Å². The summed E-state index contributed by atoms with van der Waals surface area (Å²) in [5.74, 6) is 2.45. The van der Waals surface area contributed by atoms with Crippen molar-refractivity contribution >= 4 is 12.1 Å². The summed E-state index contributed by atoms with van der Waals surface area (Å²) < 4.78 is 0. The van der Waals surface area contributed by atoms with Gasteiger partial charge >= 0.3 is 0 Å². The predicted octanol–water partition coefficient (Wildman–Crippen LogP) is 7.64. The van der Waals surface area contributed by atoms with Crippen LogP contribution in [-0.2, 0) is 9.59 Å². The fourth-order valence-electron chi connectivity index (χ4n) is 11.1. The summed E-state index contributed by atoms with van der Waals surface area (Å²) in [4.78, 5) is 26.0. The smallest absolute Gasteiger partial charge is 0.136 e. The number of rotatable bonds is 1. The van der Waals surface area contributed by atoms with Crippen LogP contribution in [0.15, 0.2) is 0 Å². The van der Waals surface area contributed by atoms with Gasteiger partial charge in [-0.1, -0.05) is 48.5 Å². The highest BCUT2D eigenvalue weighted by atomic mass is 16.1. The molecule has 0 aliphatic heterocycles. The number of hydrogen-bond donors (Lipinski definition) is 0. The molecule has 32 heavy (non-hydrogen) atoms. The Kier molecular flexibility index (Phi) is 4.85. The molecule has 180 valence electrons. The maximum Gasteiger partial charge on any atom is 0.136 e. The van der Waals surface area contributed by atoms with Gasteiger partial charge in [0.2, 0.25) is 0 Å². The van der Waals surface area contributed by atoms with Gasteiger partial charge in [-0.05, 0) is 109 Å². The van der Waals surface area contributed by atoms with E-state index in [4.69, 9.17) is 0 Å². The van der Waals surface area contributed by atoms with Gasteiger partial charge in [-0.25, -0.2) is 0 Å². The van der Waals surface area contributed by atoms with Crippen LogP contribution >= 0.6 is 0 Å². The molecule has 5 fully saturated rings. The van der Waals surface area contributed by atoms with E-state index < -0.39 is 0 Å². The van der Waals surface area contributed by atoms with Gasteiger partial charge in [-0.2, -0.15) is 0 Å². The third kappa shape index (κ3) is 2.65. The van der Waals surface area contributed by atoms with Crippen molar-refractivity contribution in [2.24, 2.45) is 56.2 Å². The monoisotopic (exact) mass is 440 g/mol. The second-order valence-electron chi connectivity index (χ2n) is 15.0. The highest BCUT2D eigenvalue weighted by molar-refractivity contribution is 5.82. The lowest BCUT2D eigenvalue weighted by molar-refractivity contribution is -0.249. The quantitative estimate of drug-likeness (QED) is 0.393. The number of fused-ring (bicyclic) bond motifs is 7. The molecule has 0 spiro atoms. The SMILES string of the molecule is CC1C(=O)CCC2C1(C)CCC1C2(C)CCC2(C=O)C3CC(C)(C)CCC3(C)CCC12C. The zero-order valence-electron chi connectivity index (χ0n) is 22.0. The predicted molar refractivity (Wildman–Crippen MR) is 130 cm³/mol. The number of carbonyl (C=O) groups excluding carboxylic acids is 2. The molecule has 5 aliphatic rings. The van der Waals surface area contributed by atoms with Crippen molar-refractivity contribution in [2.75, 3.05) is 0 Å². The van der Waals surface area contributed by atoms with E-state index in [2.05, 4.69) is 48.5 Å². The molecule has 0 bridgehead atoms. The molecule has 5 saturated carbocycles. The fourth-order valence-corrected chi connectivity index (χ4v) is 11.1. The Morgan fingerprint density at radius 2 is 1.44 bits per heavy atom. The highest BCUT2D eigenvalue weighted by Crippen LogP contribution is 2.77. The molecule has 0 aromatic rings. The van der Waals surface area contributed by atoms with E-state index in [0.717, 1.165) is 19.3 Å². The summed E-state index contributed by atoms with van der Waals surface area (Å²) in [6.45, 7) is 17.2. The molecule has 9 unspecified atom stereocenters. The summed E-state index contributed by atoms with van der Waals surface area (Å²) >= 11 is 0. The maximum absolute atomic E-state index is 13.3. The van der Waals surface area contributed by atoms with Gasteiger partial charge in [0, 0.05) is 17.8 Å². The summed E-state index contributed by atoms with van der Waals surface area (Å²) in [7, 11) is 0. The van der Waals surface area contributed by atoms with E-state index in [0.29, 0.717) is 34.4 Å². The second kappa shape index (κ2) is 6.72. The molecule has 0 saturated heterocycles. The minimum Gasteiger partial charge on any atom is -0.303 e. The minimum atomic E-state index is -0.161. The lowest BCUT2D eigenvalue weighted by Gasteiger charge is -2.74. The first-order valence-corrected chi connectivity index (χ1v) is 13.8. The molecule has 5 rings (SSSR count). The first-order valence-electron chi connectivity index (χ1n) is 13.8. The Bertz CT molecular complexity index is 829. The van der Waals surface area contributed by atoms with Crippen molar-refractivity contribution in [3.8, 4) is 0 Å². The zero-order chi connectivity index (χ0) is 23.4. The third-order valence-corrected chi connectivity index (χ3v) is 13.4. The van der Waals surface area contributed by atoms with Crippen LogP contribution in [0.2, 0.25) is 0 Å². The van der Waals surface area contributed by atoms with Gasteiger partial charge in [-0.15, -0.1) is 0 Å². The molecule has 0 heterocycles. The second-order valence-corrected chi connectivity index (χ2v) is 15.0. The molecule has 0 amide bonds. The van der Waals surface area contributed by atoms with E-state index in [9.17, 15) is 9.59 Å². The molecular weight excluding hydrogens is 392 g/mol. The van der Waals surface area contributed by atoms with Crippen LogP contribution in [0, 0.1) is 56.2 Å². The van der Waals surface area contributed by atoms with Crippen LogP contribution in [0.3, 0.4) is 0 Å². The molecule has 9 atom stereocenters. The van der Waals surface area contributed by atoms with Crippen LogP contribution in [0.4, 0.5) is 0 Å². The third-order valence-electron chi connectivity index (χ3n) is 13.4. The number of aldehydes is 1. The maximum atomic E-state index is 13.3. The first-order chi connectivity index (χ1) is 14.8. The number of hydrogen-bond acceptors (Lipinski definition) is 2. The standard InChI is InChI=1S/C30H48O2/c1-20-21(32)8-9-22-27(20,5)11-10-23-28(22,6)15-17-30(19-31)24-18-25(2,3)12-13-26(24,4)14-16-29(23,30)7/h19-20,22-24H,8-18H2,1-7H3. The topological polar surface area (TPSA) is 34.1 Å². The fraction of sp³-hybridized carbons (Fsp3) is 0.933. The van der Waals surface area contributed by atoms with Crippen LogP contribution in [0.25, 0.3) is 0 Å². The van der Waals surface area contributed by atoms with Crippen molar-refractivity contribution in [3.05, 3.63) is 0 Å². The summed E-state index contributed by atoms with van der Waals surface area (Å²) in [5.41, 5.74) is 1.04. The lowest BCUT2D eigenvalue weighted by atomic mass is 9.30. The molecular formula is C30H48O2. The number of carbonyl (C=O) groups is 2. The summed E-state index contributed by atoms with van der Waals surface area (Å²) in [5, 5.41) is 0. The van der Waals surface area contributed by atoms with Crippen molar-refractivity contribution in [1.29, 1.82) is 0 Å². The largest absolute Gasteiger partial charge is 0.303 e. The first kappa shape index (κ1) is 23.1. The Morgan fingerprint density at radius 1 is 0.750 bits per heavy atom. The van der Waals surface area contributed by atoms with E-state index in [1.807, 2.05) is 0 Å². The number of Topliss-reactive ketones (excluding diaryl/α,β-unsaturated/α-hetero) is 1. The summed E-state index contributed by atoms with van der Waals surface area (Å²) in [6.07, 6.45) is 14.3. The van der Waals surface area contributed by atoms with E-state index in [1.54, 1.807) is 0 Å². The van der Waals surface area contributed by atoms with Crippen LogP contribution in [0.5, 0.6) is 0 Å². The molecule has 0 aromatic carbocycles. The van der Waals surface area contributed by atoms with Crippen molar-refractivity contribution < 1.29 is 9.59 Å². The molecule has 2 heteroatoms. The van der Waals surface area contributed by atoms with E-state index >= 15 is 0 Å². The Morgan fingerprint density at radius 3 is 2.12 bits per heavy atom. The Hall–Kier alpha value is -0.660. The van der Waals surface area contributed by atoms with Crippen LogP contribution in [-0.4, -0.2) is 12.1 Å². The highest BCUT2D eigenvalue weighted by Gasteiger charge is 2.72. The molecule has 0 aromatic heterocycles. The molecule has 0 radical (unpaired) electrons. The Balaban J connectivity index is 1.58. The Labute approximate surface area is 197 Å². The van der Waals surface area contributed by atoms with Gasteiger partial charge in [0.15, 0.2) is 0 Å². The van der Waals surface area contributed by atoms with Crippen LogP contribution < -0.4 is 0 Å². The molecule has 5 aliphatic carbocycles. The number of ketones is 1. The van der Waals surface area contributed by atoms with E-state index in [-0.39, 0.29) is 27.6 Å². The van der Waals surface area contributed by atoms with Gasteiger partial charge < -0.3 is 4.79 Å². The van der Waals surface area contributed by atoms with Crippen molar-refractivity contribution in [1.82, 2.24) is 0 Å². The van der Waals surface area contributed by atoms with Crippen molar-refractivity contribution in [3.63, 3.8) is 0 Å². The molecule has 0 N–H and O–H groups in total. The minimum absolute atomic E-state index is 0.103. The van der Waals surface area contributed by atoms with Gasteiger partial charge in [0.1, 0.15) is 12.1 Å². The normalized spacial score (nSPS) is 56.9. The average Bonchev–Trinajstić information content (AvgIpc) is 2.72. The lowest BCUT2D eigenvalue weighted by Crippen LogP contribution is -2.69. The zero-order valence-corrected chi connectivity index (χ0v) is 22.0. The van der Waals surface area contributed by atoms with Gasteiger partial charge in [0.05, 0.1) is 0 Å². The van der Waals surface area contributed by atoms with E-state index in [1.165, 1.54) is 57.7 Å². The summed E-state index contributed by atoms with van der Waals surface area (Å²) in [6, 6.07) is 0. The van der Waals surface area contributed by atoms with Crippen LogP contribution in [0.1, 0.15) is 119 Å².